The van der Waals surface area contributed by atoms with Gasteiger partial charge in [-0.2, -0.15) is 0 Å². The van der Waals surface area contributed by atoms with E-state index in [-0.39, 0.29) is 10.7 Å². The van der Waals surface area contributed by atoms with Gasteiger partial charge in [0, 0.05) is 23.8 Å². The fourth-order valence-electron chi connectivity index (χ4n) is 3.73. The zero-order valence-electron chi connectivity index (χ0n) is 17.4. The molecule has 2 aromatic carbocycles. The Bertz CT molecular complexity index is 1130. The van der Waals surface area contributed by atoms with Crippen LogP contribution in [0.3, 0.4) is 0 Å². The molecule has 3 amide bonds. The molecule has 0 bridgehead atoms. The fraction of sp³-hybridized carbons (Fsp3) is 0.261. The highest BCUT2D eigenvalue weighted by molar-refractivity contribution is 8.18. The molecule has 1 N–H and O–H groups in total. The number of rotatable bonds is 5. The number of benzene rings is 2. The summed E-state index contributed by atoms with van der Waals surface area (Å²) < 4.78 is 14.7. The standard InChI is InChI=1S/C23H21ClFN3O3S/c1-14-9-19(27-7-2-3-8-27)18(25)10-15(14)11-20-22(30)28(23(31)32-20)13-21(29)26-17-6-4-5-16(24)12-17/h4-6,9-12H,2-3,7-8,13H2,1H3,(H,26,29). The first-order chi connectivity index (χ1) is 15.3. The molecule has 2 fully saturated rings. The predicted molar refractivity (Wildman–Crippen MR) is 125 cm³/mol. The molecule has 2 aliphatic rings. The average Bonchev–Trinajstić information content (AvgIpc) is 3.35. The van der Waals surface area contributed by atoms with Crippen LogP contribution < -0.4 is 10.2 Å². The van der Waals surface area contributed by atoms with Crippen molar-refractivity contribution in [2.45, 2.75) is 19.8 Å². The van der Waals surface area contributed by atoms with Crippen molar-refractivity contribution < 1.29 is 18.8 Å². The summed E-state index contributed by atoms with van der Waals surface area (Å²) in [5.41, 5.74) is 2.36. The smallest absolute Gasteiger partial charge is 0.294 e. The number of thioether (sulfide) groups is 1. The van der Waals surface area contributed by atoms with Gasteiger partial charge in [0.2, 0.25) is 5.91 Å². The number of carbonyl (C=O) groups is 3. The predicted octanol–water partition coefficient (Wildman–Crippen LogP) is 5.06. The molecule has 166 valence electrons. The van der Waals surface area contributed by atoms with Crippen LogP contribution in [-0.4, -0.2) is 41.6 Å². The van der Waals surface area contributed by atoms with Crippen molar-refractivity contribution in [3.63, 3.8) is 0 Å². The SMILES string of the molecule is Cc1cc(N2CCCC2)c(F)cc1C=C1SC(=O)N(CC(=O)Nc2cccc(Cl)c2)C1=O. The maximum atomic E-state index is 14.7. The molecular weight excluding hydrogens is 453 g/mol. The lowest BCUT2D eigenvalue weighted by molar-refractivity contribution is -0.127. The van der Waals surface area contributed by atoms with Gasteiger partial charge in [-0.1, -0.05) is 17.7 Å². The molecule has 32 heavy (non-hydrogen) atoms. The number of aryl methyl sites for hydroxylation is 1. The Kier molecular flexibility index (Phi) is 6.53. The number of amides is 3. The minimum absolute atomic E-state index is 0.155. The van der Waals surface area contributed by atoms with Crippen LogP contribution in [0.2, 0.25) is 5.02 Å². The summed E-state index contributed by atoms with van der Waals surface area (Å²) in [6, 6.07) is 9.73. The van der Waals surface area contributed by atoms with Crippen LogP contribution in [0, 0.1) is 12.7 Å². The molecule has 0 atom stereocenters. The first-order valence-corrected chi connectivity index (χ1v) is 11.4. The van der Waals surface area contributed by atoms with Crippen LogP contribution in [0.5, 0.6) is 0 Å². The van der Waals surface area contributed by atoms with Crippen molar-refractivity contribution in [1.29, 1.82) is 0 Å². The zero-order valence-corrected chi connectivity index (χ0v) is 18.9. The van der Waals surface area contributed by atoms with E-state index >= 15 is 0 Å². The van der Waals surface area contributed by atoms with E-state index in [1.807, 2.05) is 11.8 Å². The minimum Gasteiger partial charge on any atom is -0.369 e. The molecule has 0 radical (unpaired) electrons. The van der Waals surface area contributed by atoms with Crippen LogP contribution in [0.4, 0.5) is 20.6 Å². The van der Waals surface area contributed by atoms with Crippen LogP contribution in [-0.2, 0) is 9.59 Å². The second kappa shape index (κ2) is 9.34. The number of imide groups is 1. The van der Waals surface area contributed by atoms with E-state index in [0.717, 1.165) is 48.2 Å². The van der Waals surface area contributed by atoms with E-state index in [1.165, 1.54) is 12.1 Å². The number of hydrogen-bond donors (Lipinski definition) is 1. The molecule has 0 aromatic heterocycles. The largest absolute Gasteiger partial charge is 0.369 e. The second-order valence-electron chi connectivity index (χ2n) is 7.68. The Labute approximate surface area is 194 Å². The summed E-state index contributed by atoms with van der Waals surface area (Å²) in [5, 5.41) is 2.52. The van der Waals surface area contributed by atoms with Gasteiger partial charge in [0.25, 0.3) is 11.1 Å². The molecule has 9 heteroatoms. The van der Waals surface area contributed by atoms with Gasteiger partial charge in [-0.25, -0.2) is 4.39 Å². The normalized spacial score (nSPS) is 17.5. The molecule has 0 aliphatic carbocycles. The number of nitrogens with one attached hydrogen (secondary N) is 1. The van der Waals surface area contributed by atoms with E-state index in [1.54, 1.807) is 30.3 Å². The van der Waals surface area contributed by atoms with Gasteiger partial charge < -0.3 is 10.2 Å². The Hall–Kier alpha value is -2.84. The summed E-state index contributed by atoms with van der Waals surface area (Å²) in [6.45, 7) is 3.07. The highest BCUT2D eigenvalue weighted by atomic mass is 35.5. The van der Waals surface area contributed by atoms with Crippen LogP contribution >= 0.6 is 23.4 Å². The van der Waals surface area contributed by atoms with Crippen molar-refractivity contribution in [2.24, 2.45) is 0 Å². The van der Waals surface area contributed by atoms with Crippen molar-refractivity contribution in [3.8, 4) is 0 Å². The molecule has 4 rings (SSSR count). The van der Waals surface area contributed by atoms with Gasteiger partial charge in [-0.05, 0) is 79.1 Å². The number of anilines is 2. The summed E-state index contributed by atoms with van der Waals surface area (Å²) in [5.74, 6) is -1.46. The summed E-state index contributed by atoms with van der Waals surface area (Å²) >= 11 is 6.64. The first kappa shape index (κ1) is 22.4. The molecule has 2 aromatic rings. The number of nitrogens with zero attached hydrogens (tertiary/aromatic N) is 2. The lowest BCUT2D eigenvalue weighted by Gasteiger charge is -2.19. The maximum absolute atomic E-state index is 14.7. The van der Waals surface area contributed by atoms with Gasteiger partial charge in [0.1, 0.15) is 12.4 Å². The van der Waals surface area contributed by atoms with Crippen molar-refractivity contribution in [3.05, 3.63) is 63.3 Å². The van der Waals surface area contributed by atoms with Crippen molar-refractivity contribution in [1.82, 2.24) is 4.90 Å². The monoisotopic (exact) mass is 473 g/mol. The van der Waals surface area contributed by atoms with Crippen molar-refractivity contribution >= 4 is 57.9 Å². The molecular formula is C23H21ClFN3O3S. The second-order valence-corrected chi connectivity index (χ2v) is 9.11. The quantitative estimate of drug-likeness (QED) is 0.614. The molecule has 0 spiro atoms. The molecule has 2 saturated heterocycles. The number of hydrogen-bond acceptors (Lipinski definition) is 5. The third-order valence-corrected chi connectivity index (χ3v) is 6.50. The Morgan fingerprint density at radius 3 is 2.69 bits per heavy atom. The lowest BCUT2D eigenvalue weighted by Crippen LogP contribution is -2.36. The molecule has 2 heterocycles. The summed E-state index contributed by atoms with van der Waals surface area (Å²) in [6.07, 6.45) is 3.59. The highest BCUT2D eigenvalue weighted by Gasteiger charge is 2.36. The maximum Gasteiger partial charge on any atom is 0.294 e. The average molecular weight is 474 g/mol. The summed E-state index contributed by atoms with van der Waals surface area (Å²) in [4.78, 5) is 40.5. The van der Waals surface area contributed by atoms with E-state index in [9.17, 15) is 18.8 Å². The van der Waals surface area contributed by atoms with Gasteiger partial charge in [-0.15, -0.1) is 0 Å². The third-order valence-electron chi connectivity index (χ3n) is 5.35. The minimum atomic E-state index is -0.579. The highest BCUT2D eigenvalue weighted by Crippen LogP contribution is 2.34. The van der Waals surface area contributed by atoms with E-state index in [4.69, 9.17) is 11.6 Å². The molecule has 0 unspecified atom stereocenters. The van der Waals surface area contributed by atoms with E-state index < -0.39 is 23.6 Å². The Morgan fingerprint density at radius 2 is 1.97 bits per heavy atom. The zero-order chi connectivity index (χ0) is 22.8. The van der Waals surface area contributed by atoms with E-state index in [0.29, 0.717) is 22.0 Å². The number of halogens is 2. The molecule has 6 nitrogen and oxygen atoms in total. The van der Waals surface area contributed by atoms with Crippen LogP contribution in [0.25, 0.3) is 6.08 Å². The lowest BCUT2D eigenvalue weighted by atomic mass is 10.1. The topological polar surface area (TPSA) is 69.7 Å². The molecule has 2 aliphatic heterocycles. The summed E-state index contributed by atoms with van der Waals surface area (Å²) in [7, 11) is 0. The van der Waals surface area contributed by atoms with Crippen molar-refractivity contribution in [2.75, 3.05) is 29.9 Å². The fourth-order valence-corrected chi connectivity index (χ4v) is 4.74. The first-order valence-electron chi connectivity index (χ1n) is 10.2. The van der Waals surface area contributed by atoms with Gasteiger partial charge in [0.05, 0.1) is 10.6 Å². The number of carbonyl (C=O) groups excluding carboxylic acids is 3. The Morgan fingerprint density at radius 1 is 1.22 bits per heavy atom. The van der Waals surface area contributed by atoms with Gasteiger partial charge >= 0.3 is 0 Å². The van der Waals surface area contributed by atoms with Gasteiger partial charge in [-0.3, -0.25) is 19.3 Å². The molecule has 0 saturated carbocycles. The van der Waals surface area contributed by atoms with Crippen LogP contribution in [0.15, 0.2) is 41.3 Å². The third kappa shape index (κ3) is 4.81. The van der Waals surface area contributed by atoms with Crippen LogP contribution in [0.1, 0.15) is 24.0 Å². The Balaban J connectivity index is 1.48. The van der Waals surface area contributed by atoms with E-state index in [2.05, 4.69) is 5.32 Å². The van der Waals surface area contributed by atoms with Gasteiger partial charge in [0.15, 0.2) is 0 Å².